The first kappa shape index (κ1) is 23.6. The first-order chi connectivity index (χ1) is 18.7. The molecule has 2 aromatic heterocycles. The van der Waals surface area contributed by atoms with Crippen LogP contribution in [0.3, 0.4) is 0 Å². The molecule has 0 bridgehead atoms. The molecule has 2 nitrogen and oxygen atoms in total. The van der Waals surface area contributed by atoms with Gasteiger partial charge in [0.1, 0.15) is 14.1 Å². The summed E-state index contributed by atoms with van der Waals surface area (Å²) in [5, 5.41) is 0. The van der Waals surface area contributed by atoms with E-state index >= 15 is 0 Å². The van der Waals surface area contributed by atoms with E-state index in [9.17, 15) is 0 Å². The molecule has 6 rings (SSSR count). The molecule has 0 fully saturated rings. The van der Waals surface area contributed by atoms with Crippen LogP contribution < -0.4 is 9.13 Å². The second-order valence-corrected chi connectivity index (χ2v) is 9.61. The quantitative estimate of drug-likeness (QED) is 0.219. The van der Waals surface area contributed by atoms with Gasteiger partial charge in [-0.2, -0.15) is 9.13 Å². The summed E-state index contributed by atoms with van der Waals surface area (Å²) in [4.78, 5) is 0. The number of rotatable bonds is 5. The molecule has 0 aliphatic heterocycles. The fourth-order valence-electron chi connectivity index (χ4n) is 5.20. The second kappa shape index (κ2) is 10.3. The van der Waals surface area contributed by atoms with E-state index in [1.165, 1.54) is 56.2 Å². The third-order valence-electron chi connectivity index (χ3n) is 7.23. The van der Waals surface area contributed by atoms with Crippen LogP contribution in [0.2, 0.25) is 0 Å². The summed E-state index contributed by atoms with van der Waals surface area (Å²) in [6.07, 6.45) is 0. The largest absolute Gasteiger partial charge is 0.213 e. The van der Waals surface area contributed by atoms with Crippen LogP contribution >= 0.6 is 0 Å². The van der Waals surface area contributed by atoms with Crippen LogP contribution in [0, 0.1) is 0 Å². The molecule has 2 heteroatoms. The van der Waals surface area contributed by atoms with Gasteiger partial charge in [0.15, 0.2) is 0 Å². The lowest BCUT2D eigenvalue weighted by Gasteiger charge is -2.12. The van der Waals surface area contributed by atoms with E-state index < -0.39 is 0 Å². The number of nitrogens with zero attached hydrogens (tertiary/aromatic N) is 2. The zero-order chi connectivity index (χ0) is 25.9. The zero-order valence-corrected chi connectivity index (χ0v) is 21.8. The SMILES string of the molecule is C[n+]1c(-c2ccccc2)cc(-c2cc(-c3ccccc3)[n+](C)c(-c3ccccc3)c2)cc1-c1ccccc1. The van der Waals surface area contributed by atoms with Crippen LogP contribution in [0.15, 0.2) is 146 Å². The molecule has 0 spiro atoms. The molecule has 0 amide bonds. The predicted molar refractivity (Wildman–Crippen MR) is 156 cm³/mol. The Labute approximate surface area is 224 Å². The van der Waals surface area contributed by atoms with Crippen LogP contribution in [0.5, 0.6) is 0 Å². The minimum atomic E-state index is 1.18. The third-order valence-corrected chi connectivity index (χ3v) is 7.23. The van der Waals surface area contributed by atoms with E-state index in [0.717, 1.165) is 0 Å². The Morgan fingerprint density at radius 1 is 0.289 bits per heavy atom. The average Bonchev–Trinajstić information content (AvgIpc) is 2.99. The van der Waals surface area contributed by atoms with E-state index in [0.29, 0.717) is 0 Å². The van der Waals surface area contributed by atoms with Gasteiger partial charge in [0.05, 0.1) is 0 Å². The fraction of sp³-hybridized carbons (Fsp3) is 0.0556. The zero-order valence-electron chi connectivity index (χ0n) is 21.8. The number of hydrogen-bond acceptors (Lipinski definition) is 0. The molecule has 0 saturated carbocycles. The smallest absolute Gasteiger partial charge is 0.194 e. The summed E-state index contributed by atoms with van der Waals surface area (Å²) in [6.45, 7) is 0. The Hall–Kier alpha value is -4.82. The first-order valence-corrected chi connectivity index (χ1v) is 13.0. The molecule has 0 aliphatic carbocycles. The summed E-state index contributed by atoms with van der Waals surface area (Å²) in [6, 6.07) is 51.9. The second-order valence-electron chi connectivity index (χ2n) is 9.61. The van der Waals surface area contributed by atoms with Gasteiger partial charge in [-0.3, -0.25) is 0 Å². The molecular weight excluding hydrogens is 460 g/mol. The van der Waals surface area contributed by atoms with Gasteiger partial charge < -0.3 is 0 Å². The molecule has 0 saturated heterocycles. The molecule has 38 heavy (non-hydrogen) atoms. The topological polar surface area (TPSA) is 7.76 Å². The highest BCUT2D eigenvalue weighted by Crippen LogP contribution is 2.32. The summed E-state index contributed by atoms with van der Waals surface area (Å²) in [5.74, 6) is 0. The maximum absolute atomic E-state index is 2.32. The average molecular weight is 491 g/mol. The normalized spacial score (nSPS) is 10.9. The van der Waals surface area contributed by atoms with Crippen LogP contribution in [-0.4, -0.2) is 0 Å². The highest BCUT2D eigenvalue weighted by molar-refractivity contribution is 5.78. The Bertz CT molecular complexity index is 1440. The van der Waals surface area contributed by atoms with E-state index in [-0.39, 0.29) is 0 Å². The van der Waals surface area contributed by atoms with Gasteiger partial charge in [-0.15, -0.1) is 0 Å². The monoisotopic (exact) mass is 490 g/mol. The molecule has 182 valence electrons. The predicted octanol–water partition coefficient (Wildman–Crippen LogP) is 7.67. The van der Waals surface area contributed by atoms with Crippen molar-refractivity contribution in [3.63, 3.8) is 0 Å². The minimum absolute atomic E-state index is 1.18. The Kier molecular flexibility index (Phi) is 6.37. The summed E-state index contributed by atoms with van der Waals surface area (Å²) in [5.41, 5.74) is 11.9. The number of benzene rings is 4. The van der Waals surface area contributed by atoms with E-state index in [4.69, 9.17) is 0 Å². The van der Waals surface area contributed by atoms with Crippen molar-refractivity contribution in [2.24, 2.45) is 14.1 Å². The molecule has 0 atom stereocenters. The van der Waals surface area contributed by atoms with E-state index in [2.05, 4.69) is 169 Å². The van der Waals surface area contributed by atoms with E-state index in [1.54, 1.807) is 0 Å². The van der Waals surface area contributed by atoms with Gasteiger partial charge in [-0.25, -0.2) is 0 Å². The number of pyridine rings is 2. The van der Waals surface area contributed by atoms with Crippen LogP contribution in [0.1, 0.15) is 0 Å². The maximum atomic E-state index is 2.32. The standard InChI is InChI=1S/C36H30N2/c1-37-33(27-15-7-3-8-16-27)23-31(24-34(37)28-17-9-4-10-18-28)32-25-35(29-19-11-5-12-20-29)38(2)36(26-32)30-21-13-6-14-22-30/h3-26H,1-2H3/q+2. The lowest BCUT2D eigenvalue weighted by Crippen LogP contribution is -2.35. The molecule has 0 radical (unpaired) electrons. The van der Waals surface area contributed by atoms with Crippen molar-refractivity contribution < 1.29 is 9.13 Å². The Morgan fingerprint density at radius 2 is 0.500 bits per heavy atom. The lowest BCUT2D eigenvalue weighted by atomic mass is 9.96. The van der Waals surface area contributed by atoms with Crippen molar-refractivity contribution in [2.75, 3.05) is 0 Å². The van der Waals surface area contributed by atoms with Crippen molar-refractivity contribution in [1.29, 1.82) is 0 Å². The summed E-state index contributed by atoms with van der Waals surface area (Å²) >= 11 is 0. The van der Waals surface area contributed by atoms with E-state index in [1.807, 2.05) is 0 Å². The van der Waals surface area contributed by atoms with Crippen LogP contribution in [0.4, 0.5) is 0 Å². The van der Waals surface area contributed by atoms with Gasteiger partial charge in [-0.1, -0.05) is 72.8 Å². The van der Waals surface area contributed by atoms with Crippen molar-refractivity contribution >= 4 is 0 Å². The third kappa shape index (κ3) is 4.53. The van der Waals surface area contributed by atoms with Crippen molar-refractivity contribution in [3.8, 4) is 56.2 Å². The molecule has 0 aliphatic rings. The minimum Gasteiger partial charge on any atom is -0.194 e. The van der Waals surface area contributed by atoms with Crippen molar-refractivity contribution in [2.45, 2.75) is 0 Å². The molecule has 2 heterocycles. The highest BCUT2D eigenvalue weighted by Gasteiger charge is 2.23. The maximum Gasteiger partial charge on any atom is 0.213 e. The Balaban J connectivity index is 1.64. The lowest BCUT2D eigenvalue weighted by molar-refractivity contribution is -0.649. The number of hydrogen-bond donors (Lipinski definition) is 0. The van der Waals surface area contributed by atoms with Gasteiger partial charge in [0, 0.05) is 46.5 Å². The summed E-state index contributed by atoms with van der Waals surface area (Å²) < 4.78 is 4.60. The molecule has 0 N–H and O–H groups in total. The fourth-order valence-corrected chi connectivity index (χ4v) is 5.20. The van der Waals surface area contributed by atoms with Gasteiger partial charge >= 0.3 is 0 Å². The summed E-state index contributed by atoms with van der Waals surface area (Å²) in [7, 11) is 4.31. The first-order valence-electron chi connectivity index (χ1n) is 13.0. The van der Waals surface area contributed by atoms with Gasteiger partial charge in [0.25, 0.3) is 0 Å². The van der Waals surface area contributed by atoms with Gasteiger partial charge in [-0.05, 0) is 59.7 Å². The van der Waals surface area contributed by atoms with Crippen LogP contribution in [0.25, 0.3) is 56.2 Å². The molecule has 4 aromatic carbocycles. The highest BCUT2D eigenvalue weighted by atomic mass is 15.0. The van der Waals surface area contributed by atoms with Crippen molar-refractivity contribution in [1.82, 2.24) is 0 Å². The Morgan fingerprint density at radius 3 is 0.711 bits per heavy atom. The molecular formula is C36H30N2+2. The van der Waals surface area contributed by atoms with Gasteiger partial charge in [0.2, 0.25) is 22.8 Å². The van der Waals surface area contributed by atoms with Crippen molar-refractivity contribution in [3.05, 3.63) is 146 Å². The number of aromatic nitrogens is 2. The molecule has 0 unspecified atom stereocenters. The van der Waals surface area contributed by atoms with Crippen LogP contribution in [-0.2, 0) is 14.1 Å². The molecule has 6 aromatic rings.